The van der Waals surface area contributed by atoms with E-state index >= 15 is 8.78 Å². The number of aliphatic hydroxyl groups is 1. The molecule has 0 saturated heterocycles. The Morgan fingerprint density at radius 3 is 2.57 bits per heavy atom. The molecule has 9 heteroatoms. The fraction of sp³-hybridized carbons (Fsp3) is 0.577. The molecule has 2 unspecified atom stereocenters. The largest absolute Gasteiger partial charge is 0.478 e. The molecule has 1 aromatic heterocycles. The lowest BCUT2D eigenvalue weighted by Crippen LogP contribution is -2.71. The number of allylic oxidation sites excluding steroid dienone is 4. The van der Waals surface area contributed by atoms with Gasteiger partial charge >= 0.3 is 11.9 Å². The van der Waals surface area contributed by atoms with Gasteiger partial charge in [-0.3, -0.25) is 4.79 Å². The molecule has 0 radical (unpaired) electrons. The van der Waals surface area contributed by atoms with Gasteiger partial charge < -0.3 is 19.4 Å². The summed E-state index contributed by atoms with van der Waals surface area (Å²) >= 11 is 0. The van der Waals surface area contributed by atoms with Crippen molar-refractivity contribution < 1.29 is 42.5 Å². The van der Waals surface area contributed by atoms with Gasteiger partial charge in [0.25, 0.3) is 0 Å². The highest BCUT2D eigenvalue weighted by Crippen LogP contribution is 2.71. The molecule has 4 aliphatic rings. The maximum atomic E-state index is 17.2. The summed E-state index contributed by atoms with van der Waals surface area (Å²) in [6, 6.07) is 2.81. The van der Waals surface area contributed by atoms with Gasteiger partial charge in [0, 0.05) is 22.7 Å². The molecule has 0 bridgehead atoms. The van der Waals surface area contributed by atoms with E-state index in [9.17, 15) is 24.6 Å². The number of fused-ring (bicyclic) bond motifs is 5. The number of hydrogen-bond acceptors (Lipinski definition) is 6. The van der Waals surface area contributed by atoms with Crippen LogP contribution in [0.2, 0.25) is 0 Å². The lowest BCUT2D eigenvalue weighted by molar-refractivity contribution is -0.229. The highest BCUT2D eigenvalue weighted by atomic mass is 19.1. The SMILES string of the molecule is C[C@@H]1CC2C3C[C@H](F)C4=CC(=O)C=C[C@]4(C)[C@@]3(F)[C@@H](O)C[C@]2(C)[C@@]1(OC(=O)c1ccco1)C(=O)O. The third-order valence-electron chi connectivity index (χ3n) is 9.46. The number of ether oxygens (including phenoxy) is 1. The van der Waals surface area contributed by atoms with Crippen LogP contribution in [0.4, 0.5) is 8.78 Å². The summed E-state index contributed by atoms with van der Waals surface area (Å²) in [6.07, 6.45) is 1.05. The number of carboxylic acid groups (broad SMARTS) is 1. The van der Waals surface area contributed by atoms with Crippen LogP contribution in [-0.4, -0.2) is 51.5 Å². The van der Waals surface area contributed by atoms with Gasteiger partial charge in [-0.05, 0) is 62.0 Å². The van der Waals surface area contributed by atoms with E-state index in [1.54, 1.807) is 13.8 Å². The minimum Gasteiger partial charge on any atom is -0.478 e. The molecule has 35 heavy (non-hydrogen) atoms. The normalized spacial score (nSPS) is 46.3. The maximum Gasteiger partial charge on any atom is 0.375 e. The van der Waals surface area contributed by atoms with E-state index in [0.29, 0.717) is 0 Å². The smallest absolute Gasteiger partial charge is 0.375 e. The monoisotopic (exact) mass is 490 g/mol. The predicted octanol–water partition coefficient (Wildman–Crippen LogP) is 3.82. The van der Waals surface area contributed by atoms with Crippen molar-refractivity contribution >= 4 is 17.7 Å². The van der Waals surface area contributed by atoms with Crippen LogP contribution in [0.5, 0.6) is 0 Å². The average Bonchev–Trinajstić information content (AvgIpc) is 3.39. The molecular formula is C26H28F2O7. The number of ketones is 1. The fourth-order valence-electron chi connectivity index (χ4n) is 7.83. The highest BCUT2D eigenvalue weighted by Gasteiger charge is 2.78. The van der Waals surface area contributed by atoms with Crippen molar-refractivity contribution in [3.63, 3.8) is 0 Å². The average molecular weight is 490 g/mol. The van der Waals surface area contributed by atoms with Crippen molar-refractivity contribution in [2.45, 2.75) is 63.6 Å². The van der Waals surface area contributed by atoms with Crippen molar-refractivity contribution in [2.75, 3.05) is 0 Å². The Kier molecular flexibility index (Phi) is 5.02. The first-order valence-electron chi connectivity index (χ1n) is 11.8. The van der Waals surface area contributed by atoms with Gasteiger partial charge in [-0.25, -0.2) is 18.4 Å². The van der Waals surface area contributed by atoms with E-state index in [-0.39, 0.29) is 30.6 Å². The molecule has 1 aromatic rings. The van der Waals surface area contributed by atoms with Crippen LogP contribution in [0.25, 0.3) is 0 Å². The molecule has 188 valence electrons. The highest BCUT2D eigenvalue weighted by molar-refractivity contribution is 6.01. The summed E-state index contributed by atoms with van der Waals surface area (Å²) < 4.78 is 43.5. The van der Waals surface area contributed by atoms with E-state index in [1.807, 2.05) is 0 Å². The standard InChI is InChI=1S/C26H28F2O7/c1-13-9-15-16-11-18(27)17-10-14(29)6-7-23(17,2)25(16,28)20(30)12-24(15,3)26(13,22(32)33)35-21(31)19-5-4-8-34-19/h4-8,10,13,15-16,18,20,30H,9,11-12H2,1-3H3,(H,32,33)/t13-,15?,16?,18+,20+,23+,24+,25+,26+/m1/s1. The molecule has 0 spiro atoms. The molecule has 9 atom stereocenters. The summed E-state index contributed by atoms with van der Waals surface area (Å²) in [7, 11) is 0. The first kappa shape index (κ1) is 23.9. The van der Waals surface area contributed by atoms with Crippen LogP contribution in [0.1, 0.15) is 50.6 Å². The van der Waals surface area contributed by atoms with Crippen LogP contribution in [0.15, 0.2) is 46.6 Å². The molecule has 5 rings (SSSR count). The molecule has 2 N–H and O–H groups in total. The zero-order chi connectivity index (χ0) is 25.6. The van der Waals surface area contributed by atoms with Crippen LogP contribution >= 0.6 is 0 Å². The minimum absolute atomic E-state index is 0.00815. The number of rotatable bonds is 3. The fourth-order valence-corrected chi connectivity index (χ4v) is 7.83. The van der Waals surface area contributed by atoms with Crippen molar-refractivity contribution in [3.8, 4) is 0 Å². The molecule has 3 saturated carbocycles. The van der Waals surface area contributed by atoms with E-state index in [2.05, 4.69) is 0 Å². The number of halogens is 2. The topological polar surface area (TPSA) is 114 Å². The summed E-state index contributed by atoms with van der Waals surface area (Å²) in [4.78, 5) is 37.6. The van der Waals surface area contributed by atoms with Crippen LogP contribution in [-0.2, 0) is 14.3 Å². The first-order chi connectivity index (χ1) is 16.3. The Morgan fingerprint density at radius 1 is 1.23 bits per heavy atom. The van der Waals surface area contributed by atoms with Gasteiger partial charge in [0.1, 0.15) is 6.17 Å². The van der Waals surface area contributed by atoms with Gasteiger partial charge in [-0.1, -0.05) is 19.9 Å². The van der Waals surface area contributed by atoms with Crippen LogP contribution in [0, 0.1) is 28.6 Å². The quantitative estimate of drug-likeness (QED) is 0.619. The molecule has 0 aromatic carbocycles. The van der Waals surface area contributed by atoms with Gasteiger partial charge in [0.2, 0.25) is 11.4 Å². The maximum absolute atomic E-state index is 17.2. The number of carboxylic acids is 1. The predicted molar refractivity (Wildman–Crippen MR) is 118 cm³/mol. The minimum atomic E-state index is -2.35. The number of aliphatic hydroxyl groups excluding tert-OH is 1. The Hall–Kier alpha value is -2.81. The molecule has 0 aliphatic heterocycles. The summed E-state index contributed by atoms with van der Waals surface area (Å²) in [5.74, 6) is -5.55. The van der Waals surface area contributed by atoms with Gasteiger partial charge in [0.05, 0.1) is 12.4 Å². The third kappa shape index (κ3) is 2.76. The molecule has 3 fully saturated rings. The lowest BCUT2D eigenvalue weighted by Gasteiger charge is -2.62. The van der Waals surface area contributed by atoms with Crippen molar-refractivity contribution in [1.82, 2.24) is 0 Å². The number of furan rings is 1. The van der Waals surface area contributed by atoms with Crippen LogP contribution in [0.3, 0.4) is 0 Å². The second-order valence-electron chi connectivity index (χ2n) is 10.9. The Labute approximate surface area is 200 Å². The molecule has 0 amide bonds. The zero-order valence-corrected chi connectivity index (χ0v) is 19.7. The number of carbonyl (C=O) groups excluding carboxylic acids is 2. The van der Waals surface area contributed by atoms with E-state index < -0.39 is 69.9 Å². The van der Waals surface area contributed by atoms with Crippen molar-refractivity contribution in [3.05, 3.63) is 48.0 Å². The van der Waals surface area contributed by atoms with Crippen molar-refractivity contribution in [1.29, 1.82) is 0 Å². The van der Waals surface area contributed by atoms with E-state index in [4.69, 9.17) is 9.15 Å². The van der Waals surface area contributed by atoms with Crippen LogP contribution < -0.4 is 0 Å². The zero-order valence-electron chi connectivity index (χ0n) is 19.7. The van der Waals surface area contributed by atoms with Gasteiger partial charge in [0.15, 0.2) is 11.5 Å². The Balaban J connectivity index is 1.62. The van der Waals surface area contributed by atoms with Gasteiger partial charge in [-0.15, -0.1) is 0 Å². The van der Waals surface area contributed by atoms with E-state index in [1.165, 1.54) is 37.5 Å². The Bertz CT molecular complexity index is 1160. The summed E-state index contributed by atoms with van der Waals surface area (Å²) in [5, 5.41) is 21.8. The second kappa shape index (κ2) is 7.35. The number of aliphatic carboxylic acids is 1. The first-order valence-corrected chi connectivity index (χ1v) is 11.8. The molecule has 1 heterocycles. The molecule has 7 nitrogen and oxygen atoms in total. The Morgan fingerprint density at radius 2 is 1.94 bits per heavy atom. The number of carbonyl (C=O) groups is 3. The van der Waals surface area contributed by atoms with E-state index in [0.717, 1.165) is 6.08 Å². The number of alkyl halides is 2. The summed E-state index contributed by atoms with van der Waals surface area (Å²) in [5.41, 5.74) is -7.42. The number of esters is 1. The molecule has 4 aliphatic carbocycles. The third-order valence-corrected chi connectivity index (χ3v) is 9.46. The lowest BCUT2D eigenvalue weighted by atomic mass is 9.44. The van der Waals surface area contributed by atoms with Gasteiger partial charge in [-0.2, -0.15) is 0 Å². The summed E-state index contributed by atoms with van der Waals surface area (Å²) in [6.45, 7) is 4.67. The second-order valence-corrected chi connectivity index (χ2v) is 10.9. The molecular weight excluding hydrogens is 462 g/mol. The van der Waals surface area contributed by atoms with Crippen molar-refractivity contribution in [2.24, 2.45) is 28.6 Å². The number of hydrogen-bond donors (Lipinski definition) is 2.